The Morgan fingerprint density at radius 1 is 1.00 bits per heavy atom. The van der Waals surface area contributed by atoms with E-state index in [0.29, 0.717) is 6.42 Å². The second-order valence-corrected chi connectivity index (χ2v) is 5.84. The molecule has 1 unspecified atom stereocenters. The number of benzene rings is 2. The summed E-state index contributed by atoms with van der Waals surface area (Å²) in [5.41, 5.74) is 4.23. The van der Waals surface area contributed by atoms with Gasteiger partial charge in [-0.25, -0.2) is 0 Å². The summed E-state index contributed by atoms with van der Waals surface area (Å²) >= 11 is 0. The van der Waals surface area contributed by atoms with Crippen LogP contribution in [0.1, 0.15) is 36.5 Å². The SMILES string of the molecule is CCN(CC)c1ccc(CC(C(=O)O)c2ccc(C)cc2)cc1. The number of aryl methyl sites for hydroxylation is 1. The van der Waals surface area contributed by atoms with Gasteiger partial charge in [-0.05, 0) is 50.5 Å². The molecule has 0 saturated carbocycles. The molecule has 0 aliphatic rings. The number of carboxylic acids is 1. The van der Waals surface area contributed by atoms with Crippen LogP contribution >= 0.6 is 0 Å². The summed E-state index contributed by atoms with van der Waals surface area (Å²) in [4.78, 5) is 13.9. The van der Waals surface area contributed by atoms with Crippen LogP contribution in [0.15, 0.2) is 48.5 Å². The zero-order valence-electron chi connectivity index (χ0n) is 14.1. The number of carboxylic acid groups (broad SMARTS) is 1. The monoisotopic (exact) mass is 311 g/mol. The summed E-state index contributed by atoms with van der Waals surface area (Å²) in [5, 5.41) is 9.57. The highest BCUT2D eigenvalue weighted by molar-refractivity contribution is 5.76. The third-order valence-corrected chi connectivity index (χ3v) is 4.28. The van der Waals surface area contributed by atoms with Crippen molar-refractivity contribution in [3.05, 3.63) is 65.2 Å². The predicted molar refractivity (Wildman–Crippen MR) is 95.3 cm³/mol. The van der Waals surface area contributed by atoms with Crippen molar-refractivity contribution in [2.75, 3.05) is 18.0 Å². The lowest BCUT2D eigenvalue weighted by molar-refractivity contribution is -0.138. The van der Waals surface area contributed by atoms with Crippen LogP contribution in [0, 0.1) is 6.92 Å². The molecule has 3 heteroatoms. The van der Waals surface area contributed by atoms with Gasteiger partial charge in [-0.1, -0.05) is 42.0 Å². The predicted octanol–water partition coefficient (Wildman–Crippen LogP) is 4.25. The molecule has 0 heterocycles. The molecule has 0 radical (unpaired) electrons. The van der Waals surface area contributed by atoms with Crippen molar-refractivity contribution in [2.45, 2.75) is 33.1 Å². The number of aliphatic carboxylic acids is 1. The molecule has 122 valence electrons. The first-order valence-electron chi connectivity index (χ1n) is 8.18. The lowest BCUT2D eigenvalue weighted by atomic mass is 9.91. The maximum absolute atomic E-state index is 11.6. The van der Waals surface area contributed by atoms with Crippen molar-refractivity contribution in [1.29, 1.82) is 0 Å². The van der Waals surface area contributed by atoms with Crippen molar-refractivity contribution < 1.29 is 9.90 Å². The average molecular weight is 311 g/mol. The van der Waals surface area contributed by atoms with Gasteiger partial charge in [0.15, 0.2) is 0 Å². The second kappa shape index (κ2) is 7.82. The van der Waals surface area contributed by atoms with E-state index in [1.165, 1.54) is 5.69 Å². The Labute approximate surface area is 138 Å². The Bertz CT molecular complexity index is 628. The standard InChI is InChI=1S/C20H25NO2/c1-4-21(5-2)18-12-8-16(9-13-18)14-19(20(22)23)17-10-6-15(3)7-11-17/h6-13,19H,4-5,14H2,1-3H3,(H,22,23). The molecule has 2 aromatic rings. The molecule has 2 aromatic carbocycles. The molecule has 0 spiro atoms. The van der Waals surface area contributed by atoms with E-state index in [1.807, 2.05) is 43.3 Å². The first-order chi connectivity index (χ1) is 11.0. The van der Waals surface area contributed by atoms with Gasteiger partial charge in [-0.3, -0.25) is 4.79 Å². The van der Waals surface area contributed by atoms with E-state index >= 15 is 0 Å². The summed E-state index contributed by atoms with van der Waals surface area (Å²) < 4.78 is 0. The molecule has 0 amide bonds. The van der Waals surface area contributed by atoms with Gasteiger partial charge in [0.1, 0.15) is 0 Å². The van der Waals surface area contributed by atoms with E-state index in [0.717, 1.165) is 29.8 Å². The van der Waals surface area contributed by atoms with Gasteiger partial charge < -0.3 is 10.0 Å². The summed E-state index contributed by atoms with van der Waals surface area (Å²) in [6, 6.07) is 16.0. The zero-order valence-corrected chi connectivity index (χ0v) is 14.1. The van der Waals surface area contributed by atoms with E-state index in [2.05, 4.69) is 30.9 Å². The van der Waals surface area contributed by atoms with Crippen LogP contribution in [0.2, 0.25) is 0 Å². The third-order valence-electron chi connectivity index (χ3n) is 4.28. The smallest absolute Gasteiger partial charge is 0.311 e. The fraction of sp³-hybridized carbons (Fsp3) is 0.350. The number of hydrogen-bond acceptors (Lipinski definition) is 2. The van der Waals surface area contributed by atoms with Gasteiger partial charge >= 0.3 is 5.97 Å². The van der Waals surface area contributed by atoms with Gasteiger partial charge in [0.05, 0.1) is 5.92 Å². The minimum absolute atomic E-state index is 0.505. The molecule has 0 bridgehead atoms. The third kappa shape index (κ3) is 4.35. The van der Waals surface area contributed by atoms with Crippen molar-refractivity contribution >= 4 is 11.7 Å². The van der Waals surface area contributed by atoms with Crippen LogP contribution in [0.25, 0.3) is 0 Å². The first kappa shape index (κ1) is 17.1. The second-order valence-electron chi connectivity index (χ2n) is 5.84. The maximum Gasteiger partial charge on any atom is 0.311 e. The number of nitrogens with zero attached hydrogens (tertiary/aromatic N) is 1. The molecule has 0 aromatic heterocycles. The van der Waals surface area contributed by atoms with Gasteiger partial charge in [0.25, 0.3) is 0 Å². The number of hydrogen-bond donors (Lipinski definition) is 1. The highest BCUT2D eigenvalue weighted by Crippen LogP contribution is 2.23. The number of rotatable bonds is 7. The Hall–Kier alpha value is -2.29. The summed E-state index contributed by atoms with van der Waals surface area (Å²) in [6.07, 6.45) is 0.511. The van der Waals surface area contributed by atoms with Crippen molar-refractivity contribution in [3.8, 4) is 0 Å². The largest absolute Gasteiger partial charge is 0.481 e. The number of anilines is 1. The van der Waals surface area contributed by atoms with Crippen LogP contribution in [-0.2, 0) is 11.2 Å². The van der Waals surface area contributed by atoms with Gasteiger partial charge in [0, 0.05) is 18.8 Å². The van der Waals surface area contributed by atoms with Crippen molar-refractivity contribution in [1.82, 2.24) is 0 Å². The van der Waals surface area contributed by atoms with Crippen LogP contribution in [0.4, 0.5) is 5.69 Å². The van der Waals surface area contributed by atoms with Crippen molar-refractivity contribution in [2.24, 2.45) is 0 Å². The molecule has 0 aliphatic heterocycles. The molecule has 3 nitrogen and oxygen atoms in total. The van der Waals surface area contributed by atoms with E-state index in [9.17, 15) is 9.90 Å². The lowest BCUT2D eigenvalue weighted by Crippen LogP contribution is -2.21. The van der Waals surface area contributed by atoms with Crippen LogP contribution in [0.3, 0.4) is 0 Å². The summed E-state index contributed by atoms with van der Waals surface area (Å²) in [7, 11) is 0. The highest BCUT2D eigenvalue weighted by atomic mass is 16.4. The summed E-state index contributed by atoms with van der Waals surface area (Å²) in [5.74, 6) is -1.28. The first-order valence-corrected chi connectivity index (χ1v) is 8.18. The maximum atomic E-state index is 11.6. The zero-order chi connectivity index (χ0) is 16.8. The molecule has 1 N–H and O–H groups in total. The molecular weight excluding hydrogens is 286 g/mol. The molecule has 2 rings (SSSR count). The Balaban J connectivity index is 2.17. The van der Waals surface area contributed by atoms with Gasteiger partial charge in [0.2, 0.25) is 0 Å². The number of carbonyl (C=O) groups is 1. The fourth-order valence-electron chi connectivity index (χ4n) is 2.81. The average Bonchev–Trinajstić information content (AvgIpc) is 2.56. The van der Waals surface area contributed by atoms with Crippen LogP contribution in [0.5, 0.6) is 0 Å². The van der Waals surface area contributed by atoms with Crippen LogP contribution in [-0.4, -0.2) is 24.2 Å². The normalized spacial score (nSPS) is 12.0. The minimum Gasteiger partial charge on any atom is -0.481 e. The molecule has 0 aliphatic carbocycles. The van der Waals surface area contributed by atoms with Crippen LogP contribution < -0.4 is 4.90 Å². The van der Waals surface area contributed by atoms with E-state index in [1.54, 1.807) is 0 Å². The molecular formula is C20H25NO2. The van der Waals surface area contributed by atoms with E-state index < -0.39 is 11.9 Å². The fourth-order valence-corrected chi connectivity index (χ4v) is 2.81. The molecule has 1 atom stereocenters. The lowest BCUT2D eigenvalue weighted by Gasteiger charge is -2.21. The topological polar surface area (TPSA) is 40.5 Å². The minimum atomic E-state index is -0.776. The molecule has 0 saturated heterocycles. The summed E-state index contributed by atoms with van der Waals surface area (Å²) in [6.45, 7) is 8.21. The Morgan fingerprint density at radius 2 is 1.57 bits per heavy atom. The van der Waals surface area contributed by atoms with Gasteiger partial charge in [-0.15, -0.1) is 0 Å². The highest BCUT2D eigenvalue weighted by Gasteiger charge is 2.20. The quantitative estimate of drug-likeness (QED) is 0.831. The van der Waals surface area contributed by atoms with Crippen molar-refractivity contribution in [3.63, 3.8) is 0 Å². The van der Waals surface area contributed by atoms with E-state index in [4.69, 9.17) is 0 Å². The van der Waals surface area contributed by atoms with Gasteiger partial charge in [-0.2, -0.15) is 0 Å². The Kier molecular flexibility index (Phi) is 5.80. The Morgan fingerprint density at radius 3 is 2.04 bits per heavy atom. The molecule has 23 heavy (non-hydrogen) atoms. The van der Waals surface area contributed by atoms with E-state index in [-0.39, 0.29) is 0 Å². The molecule has 0 fully saturated rings.